The minimum absolute atomic E-state index is 0.0429. The molecule has 0 atom stereocenters. The van der Waals surface area contributed by atoms with Crippen LogP contribution >= 0.6 is 34.4 Å². The fourth-order valence-corrected chi connectivity index (χ4v) is 4.07. The quantitative estimate of drug-likeness (QED) is 0.231. The molecule has 3 rings (SSSR count). The summed E-state index contributed by atoms with van der Waals surface area (Å²) >= 11 is 3.91. The summed E-state index contributed by atoms with van der Waals surface area (Å²) in [5, 5.41) is 1.50. The van der Waals surface area contributed by atoms with Gasteiger partial charge in [-0.3, -0.25) is 9.36 Å². The van der Waals surface area contributed by atoms with Crippen LogP contribution < -0.4 is 5.56 Å². The molecular formula is C19H19IN2OS. The van der Waals surface area contributed by atoms with Crippen molar-refractivity contribution >= 4 is 45.3 Å². The van der Waals surface area contributed by atoms with Crippen molar-refractivity contribution in [1.82, 2.24) is 9.55 Å². The van der Waals surface area contributed by atoms with E-state index in [1.807, 2.05) is 53.1 Å². The Morgan fingerprint density at radius 1 is 1.17 bits per heavy atom. The fraction of sp³-hybridized carbons (Fsp3) is 0.263. The number of nitrogens with zero attached hydrogens (tertiary/aromatic N) is 2. The lowest BCUT2D eigenvalue weighted by Crippen LogP contribution is -2.24. The van der Waals surface area contributed by atoms with Crippen LogP contribution in [-0.4, -0.2) is 15.3 Å². The van der Waals surface area contributed by atoms with Crippen molar-refractivity contribution < 1.29 is 0 Å². The normalized spacial score (nSPS) is 11.1. The second-order valence-electron chi connectivity index (χ2n) is 5.63. The zero-order valence-corrected chi connectivity index (χ0v) is 16.5. The number of thioether (sulfide) groups is 1. The molecule has 124 valence electrons. The average Bonchev–Trinajstić information content (AvgIpc) is 2.60. The number of aromatic nitrogens is 2. The largest absolute Gasteiger partial charge is 0.283 e. The molecule has 0 saturated heterocycles. The number of fused-ring (bicyclic) bond motifs is 1. The van der Waals surface area contributed by atoms with Crippen LogP contribution in [0.5, 0.6) is 0 Å². The van der Waals surface area contributed by atoms with E-state index in [-0.39, 0.29) is 5.56 Å². The molecule has 3 nitrogen and oxygen atoms in total. The Morgan fingerprint density at radius 3 is 2.71 bits per heavy atom. The molecule has 0 aliphatic heterocycles. The second-order valence-corrected chi connectivity index (χ2v) is 7.94. The van der Waals surface area contributed by atoms with Crippen LogP contribution in [0.25, 0.3) is 10.9 Å². The maximum atomic E-state index is 13.0. The SMILES string of the molecule is CCCCSc1nc2ccc(I)cc2c(=O)n1Cc1ccccc1. The highest BCUT2D eigenvalue weighted by Gasteiger charge is 2.12. The molecule has 0 saturated carbocycles. The number of rotatable bonds is 6. The standard InChI is InChI=1S/C19H19IN2OS/c1-2-3-11-24-19-21-17-10-9-15(20)12-16(17)18(23)22(19)13-14-7-5-4-6-8-14/h4-10,12H,2-3,11,13H2,1H3. The van der Waals surface area contributed by atoms with Gasteiger partial charge in [-0.15, -0.1) is 0 Å². The minimum atomic E-state index is 0.0429. The van der Waals surface area contributed by atoms with Crippen LogP contribution in [-0.2, 0) is 6.54 Å². The molecule has 0 amide bonds. The van der Waals surface area contributed by atoms with Gasteiger partial charge in [0.1, 0.15) is 0 Å². The van der Waals surface area contributed by atoms with Crippen molar-refractivity contribution in [3.8, 4) is 0 Å². The van der Waals surface area contributed by atoms with E-state index in [0.29, 0.717) is 11.9 Å². The van der Waals surface area contributed by atoms with Crippen molar-refractivity contribution in [3.05, 3.63) is 68.0 Å². The van der Waals surface area contributed by atoms with Gasteiger partial charge in [0, 0.05) is 9.32 Å². The molecule has 0 spiro atoms. The third-order valence-electron chi connectivity index (χ3n) is 3.79. The van der Waals surface area contributed by atoms with E-state index in [9.17, 15) is 4.79 Å². The molecule has 0 aliphatic rings. The number of unbranched alkanes of at least 4 members (excludes halogenated alkanes) is 1. The lowest BCUT2D eigenvalue weighted by atomic mass is 10.2. The first-order valence-electron chi connectivity index (χ1n) is 8.06. The number of hydrogen-bond acceptors (Lipinski definition) is 3. The zero-order valence-electron chi connectivity index (χ0n) is 13.5. The van der Waals surface area contributed by atoms with Crippen LogP contribution in [0, 0.1) is 3.57 Å². The summed E-state index contributed by atoms with van der Waals surface area (Å²) in [6.45, 7) is 2.73. The Morgan fingerprint density at radius 2 is 1.96 bits per heavy atom. The lowest BCUT2D eigenvalue weighted by molar-refractivity contribution is 0.657. The van der Waals surface area contributed by atoms with E-state index >= 15 is 0 Å². The Hall–Kier alpha value is -1.34. The predicted molar refractivity (Wildman–Crippen MR) is 110 cm³/mol. The average molecular weight is 450 g/mol. The smallest absolute Gasteiger partial charge is 0.262 e. The maximum absolute atomic E-state index is 13.0. The maximum Gasteiger partial charge on any atom is 0.262 e. The summed E-state index contributed by atoms with van der Waals surface area (Å²) in [6, 6.07) is 15.9. The van der Waals surface area contributed by atoms with Gasteiger partial charge in [-0.25, -0.2) is 4.98 Å². The van der Waals surface area contributed by atoms with Gasteiger partial charge in [0.05, 0.1) is 17.4 Å². The van der Waals surface area contributed by atoms with Gasteiger partial charge in [0.25, 0.3) is 5.56 Å². The van der Waals surface area contributed by atoms with Crippen LogP contribution in [0.3, 0.4) is 0 Å². The van der Waals surface area contributed by atoms with E-state index in [1.54, 1.807) is 11.8 Å². The minimum Gasteiger partial charge on any atom is -0.283 e. The third kappa shape index (κ3) is 4.00. The first kappa shape index (κ1) is 17.5. The molecule has 0 aliphatic carbocycles. The Kier molecular flexibility index (Phi) is 5.94. The molecule has 0 radical (unpaired) electrons. The molecule has 3 aromatic rings. The molecule has 0 N–H and O–H groups in total. The van der Waals surface area contributed by atoms with E-state index in [1.165, 1.54) is 0 Å². The summed E-state index contributed by atoms with van der Waals surface area (Å²) in [5.74, 6) is 0.980. The van der Waals surface area contributed by atoms with E-state index in [0.717, 1.165) is 38.4 Å². The highest BCUT2D eigenvalue weighted by molar-refractivity contribution is 14.1. The molecule has 1 aromatic heterocycles. The zero-order chi connectivity index (χ0) is 16.9. The molecule has 0 bridgehead atoms. The highest BCUT2D eigenvalue weighted by Crippen LogP contribution is 2.21. The predicted octanol–water partition coefficient (Wildman–Crippen LogP) is 4.94. The Bertz CT molecular complexity index is 893. The molecule has 0 unspecified atom stereocenters. The van der Waals surface area contributed by atoms with E-state index in [2.05, 4.69) is 29.5 Å². The van der Waals surface area contributed by atoms with Gasteiger partial charge in [0.2, 0.25) is 0 Å². The van der Waals surface area contributed by atoms with Crippen molar-refractivity contribution in [3.63, 3.8) is 0 Å². The summed E-state index contributed by atoms with van der Waals surface area (Å²) in [4.78, 5) is 17.8. The molecular weight excluding hydrogens is 431 g/mol. The number of benzene rings is 2. The van der Waals surface area contributed by atoms with Crippen LogP contribution in [0.2, 0.25) is 0 Å². The monoisotopic (exact) mass is 450 g/mol. The van der Waals surface area contributed by atoms with Gasteiger partial charge in [-0.05, 0) is 52.8 Å². The molecule has 5 heteroatoms. The van der Waals surface area contributed by atoms with Crippen LogP contribution in [0.15, 0.2) is 58.5 Å². The fourth-order valence-electron chi connectivity index (χ4n) is 2.50. The lowest BCUT2D eigenvalue weighted by Gasteiger charge is -2.13. The molecule has 24 heavy (non-hydrogen) atoms. The molecule has 0 fully saturated rings. The highest BCUT2D eigenvalue weighted by atomic mass is 127. The number of halogens is 1. The van der Waals surface area contributed by atoms with Crippen molar-refractivity contribution in [2.24, 2.45) is 0 Å². The van der Waals surface area contributed by atoms with Crippen molar-refractivity contribution in [1.29, 1.82) is 0 Å². The topological polar surface area (TPSA) is 34.9 Å². The van der Waals surface area contributed by atoms with Gasteiger partial charge in [-0.1, -0.05) is 55.4 Å². The van der Waals surface area contributed by atoms with Gasteiger partial charge in [0.15, 0.2) is 5.16 Å². The van der Waals surface area contributed by atoms with Gasteiger partial charge in [-0.2, -0.15) is 0 Å². The summed E-state index contributed by atoms with van der Waals surface area (Å²) in [5.41, 5.74) is 1.94. The first-order chi connectivity index (χ1) is 11.7. The Balaban J connectivity index is 2.09. The van der Waals surface area contributed by atoms with E-state index < -0.39 is 0 Å². The van der Waals surface area contributed by atoms with Crippen molar-refractivity contribution in [2.45, 2.75) is 31.5 Å². The van der Waals surface area contributed by atoms with Crippen LogP contribution in [0.1, 0.15) is 25.3 Å². The van der Waals surface area contributed by atoms with Gasteiger partial charge < -0.3 is 0 Å². The van der Waals surface area contributed by atoms with Crippen molar-refractivity contribution in [2.75, 3.05) is 5.75 Å². The Labute approximate surface area is 159 Å². The molecule has 1 heterocycles. The first-order valence-corrected chi connectivity index (χ1v) is 10.1. The van der Waals surface area contributed by atoms with Gasteiger partial charge >= 0.3 is 0 Å². The summed E-state index contributed by atoms with van der Waals surface area (Å²) in [7, 11) is 0. The van der Waals surface area contributed by atoms with E-state index in [4.69, 9.17) is 4.98 Å². The summed E-state index contributed by atoms with van der Waals surface area (Å²) in [6.07, 6.45) is 2.26. The second kappa shape index (κ2) is 8.16. The van der Waals surface area contributed by atoms with Crippen LogP contribution in [0.4, 0.5) is 0 Å². The molecule has 2 aromatic carbocycles. The summed E-state index contributed by atoms with van der Waals surface area (Å²) < 4.78 is 2.87. The number of hydrogen-bond donors (Lipinski definition) is 0. The third-order valence-corrected chi connectivity index (χ3v) is 5.53.